The molecule has 26 heavy (non-hydrogen) atoms. The van der Waals surface area contributed by atoms with Gasteiger partial charge in [-0.3, -0.25) is 4.79 Å². The van der Waals surface area contributed by atoms with Crippen molar-refractivity contribution in [2.75, 3.05) is 13.2 Å². The standard InChI is InChI=1S/C19H21BrN2O4/c1-3-25-17-10-14(9-16(20)19(17)26-4-2)12-21-22-18(24)11-13-5-7-15(23)8-6-13/h5-10,12,23H,3-4,11H2,1-2H3,(H,22,24)/b21-12-. The van der Waals surface area contributed by atoms with Gasteiger partial charge in [0.1, 0.15) is 5.75 Å². The van der Waals surface area contributed by atoms with E-state index in [9.17, 15) is 9.90 Å². The van der Waals surface area contributed by atoms with Gasteiger partial charge >= 0.3 is 0 Å². The molecule has 2 aromatic rings. The lowest BCUT2D eigenvalue weighted by atomic mass is 10.1. The highest BCUT2D eigenvalue weighted by Crippen LogP contribution is 2.36. The summed E-state index contributed by atoms with van der Waals surface area (Å²) in [6, 6.07) is 10.1. The van der Waals surface area contributed by atoms with Gasteiger partial charge in [0.2, 0.25) is 5.91 Å². The van der Waals surface area contributed by atoms with Crippen molar-refractivity contribution in [2.24, 2.45) is 5.10 Å². The van der Waals surface area contributed by atoms with E-state index in [2.05, 4.69) is 26.5 Å². The smallest absolute Gasteiger partial charge is 0.244 e. The van der Waals surface area contributed by atoms with Crippen molar-refractivity contribution < 1.29 is 19.4 Å². The van der Waals surface area contributed by atoms with Gasteiger partial charge in [0.05, 0.1) is 30.3 Å². The minimum Gasteiger partial charge on any atom is -0.508 e. The lowest BCUT2D eigenvalue weighted by Crippen LogP contribution is -2.19. The number of benzene rings is 2. The molecule has 0 saturated heterocycles. The van der Waals surface area contributed by atoms with Crippen LogP contribution in [0.15, 0.2) is 46.0 Å². The largest absolute Gasteiger partial charge is 0.508 e. The number of hydrogen-bond acceptors (Lipinski definition) is 5. The Balaban J connectivity index is 2.02. The fourth-order valence-electron chi connectivity index (χ4n) is 2.23. The van der Waals surface area contributed by atoms with Crippen molar-refractivity contribution in [3.63, 3.8) is 0 Å². The van der Waals surface area contributed by atoms with Crippen LogP contribution in [-0.4, -0.2) is 30.4 Å². The summed E-state index contributed by atoms with van der Waals surface area (Å²) < 4.78 is 11.9. The van der Waals surface area contributed by atoms with E-state index < -0.39 is 0 Å². The number of nitrogens with one attached hydrogen (secondary N) is 1. The molecule has 2 N–H and O–H groups in total. The summed E-state index contributed by atoms with van der Waals surface area (Å²) >= 11 is 3.47. The van der Waals surface area contributed by atoms with Crippen molar-refractivity contribution >= 4 is 28.1 Å². The summed E-state index contributed by atoms with van der Waals surface area (Å²) in [6.45, 7) is 4.84. The number of hydrogen-bond donors (Lipinski definition) is 2. The number of amides is 1. The lowest BCUT2D eigenvalue weighted by molar-refractivity contribution is -0.120. The molecule has 0 fully saturated rings. The van der Waals surface area contributed by atoms with Gasteiger partial charge in [-0.2, -0.15) is 5.10 Å². The Morgan fingerprint density at radius 3 is 2.54 bits per heavy atom. The van der Waals surface area contributed by atoms with Crippen LogP contribution < -0.4 is 14.9 Å². The summed E-state index contributed by atoms with van der Waals surface area (Å²) in [5, 5.41) is 13.2. The molecule has 1 amide bonds. The van der Waals surface area contributed by atoms with Crippen LogP contribution in [0.5, 0.6) is 17.2 Å². The Hall–Kier alpha value is -2.54. The van der Waals surface area contributed by atoms with Crippen molar-refractivity contribution in [3.8, 4) is 17.2 Å². The van der Waals surface area contributed by atoms with E-state index in [4.69, 9.17) is 9.47 Å². The van der Waals surface area contributed by atoms with Crippen molar-refractivity contribution in [1.29, 1.82) is 0 Å². The van der Waals surface area contributed by atoms with Crippen LogP contribution in [-0.2, 0) is 11.2 Å². The number of carbonyl (C=O) groups excluding carboxylic acids is 1. The highest BCUT2D eigenvalue weighted by molar-refractivity contribution is 9.10. The molecule has 0 aliphatic carbocycles. The van der Waals surface area contributed by atoms with Gasteiger partial charge in [0.25, 0.3) is 0 Å². The third-order valence-corrected chi connectivity index (χ3v) is 3.91. The molecule has 0 unspecified atom stereocenters. The molecular formula is C19H21BrN2O4. The van der Waals surface area contributed by atoms with Gasteiger partial charge in [0, 0.05) is 0 Å². The van der Waals surface area contributed by atoms with E-state index in [1.165, 1.54) is 6.21 Å². The normalized spacial score (nSPS) is 10.7. The van der Waals surface area contributed by atoms with E-state index in [1.54, 1.807) is 30.3 Å². The first-order valence-electron chi connectivity index (χ1n) is 8.22. The molecule has 7 heteroatoms. The number of carbonyl (C=O) groups is 1. The van der Waals surface area contributed by atoms with Gasteiger partial charge < -0.3 is 14.6 Å². The van der Waals surface area contributed by atoms with Crippen LogP contribution in [0, 0.1) is 0 Å². The van der Waals surface area contributed by atoms with Crippen LogP contribution >= 0.6 is 15.9 Å². The van der Waals surface area contributed by atoms with Gasteiger partial charge in [-0.15, -0.1) is 0 Å². The first-order valence-corrected chi connectivity index (χ1v) is 9.01. The predicted molar refractivity (Wildman–Crippen MR) is 104 cm³/mol. The molecule has 0 bridgehead atoms. The zero-order valence-electron chi connectivity index (χ0n) is 14.7. The van der Waals surface area contributed by atoms with Crippen molar-refractivity contribution in [3.05, 3.63) is 52.0 Å². The van der Waals surface area contributed by atoms with Crippen LogP contribution in [0.25, 0.3) is 0 Å². The number of phenols is 1. The molecule has 0 aliphatic heterocycles. The average Bonchev–Trinajstić information content (AvgIpc) is 2.60. The maximum absolute atomic E-state index is 11.9. The number of phenolic OH excluding ortho intramolecular Hbond substituents is 1. The molecule has 6 nitrogen and oxygen atoms in total. The van der Waals surface area contributed by atoms with Gasteiger partial charge in [-0.1, -0.05) is 12.1 Å². The Bertz CT molecular complexity index is 776. The van der Waals surface area contributed by atoms with Crippen LogP contribution in [0.1, 0.15) is 25.0 Å². The predicted octanol–water partition coefficient (Wildman–Crippen LogP) is 3.64. The molecule has 0 aromatic heterocycles. The molecular weight excluding hydrogens is 400 g/mol. The number of halogens is 1. The minimum atomic E-state index is -0.248. The Morgan fingerprint density at radius 2 is 1.88 bits per heavy atom. The van der Waals surface area contributed by atoms with Crippen LogP contribution in [0.4, 0.5) is 0 Å². The number of hydrazone groups is 1. The van der Waals surface area contributed by atoms with E-state index in [-0.39, 0.29) is 18.1 Å². The van der Waals surface area contributed by atoms with Gasteiger partial charge in [0.15, 0.2) is 11.5 Å². The van der Waals surface area contributed by atoms with E-state index >= 15 is 0 Å². The maximum Gasteiger partial charge on any atom is 0.244 e. The average molecular weight is 421 g/mol. The minimum absolute atomic E-state index is 0.165. The number of rotatable bonds is 8. The summed E-state index contributed by atoms with van der Waals surface area (Å²) in [7, 11) is 0. The summed E-state index contributed by atoms with van der Waals surface area (Å²) in [5.74, 6) is 1.17. The fourth-order valence-corrected chi connectivity index (χ4v) is 2.80. The molecule has 0 heterocycles. The second-order valence-corrected chi connectivity index (χ2v) is 6.19. The van der Waals surface area contributed by atoms with Crippen molar-refractivity contribution in [1.82, 2.24) is 5.43 Å². The molecule has 2 aromatic carbocycles. The third kappa shape index (κ3) is 5.77. The maximum atomic E-state index is 11.9. The Labute approximate surface area is 161 Å². The van der Waals surface area contributed by atoms with E-state index in [0.29, 0.717) is 24.7 Å². The monoisotopic (exact) mass is 420 g/mol. The lowest BCUT2D eigenvalue weighted by Gasteiger charge is -2.13. The molecule has 138 valence electrons. The number of nitrogens with zero attached hydrogens (tertiary/aromatic N) is 1. The first kappa shape index (κ1) is 19.8. The highest BCUT2D eigenvalue weighted by atomic mass is 79.9. The Kier molecular flexibility index (Phi) is 7.47. The zero-order valence-corrected chi connectivity index (χ0v) is 16.2. The quantitative estimate of drug-likeness (QED) is 0.504. The molecule has 0 saturated carbocycles. The fraction of sp³-hybridized carbons (Fsp3) is 0.263. The SMILES string of the molecule is CCOc1cc(/C=N\NC(=O)Cc2ccc(O)cc2)cc(Br)c1OCC. The van der Waals surface area contributed by atoms with E-state index in [1.807, 2.05) is 19.9 Å². The molecule has 2 rings (SSSR count). The number of ether oxygens (including phenoxy) is 2. The van der Waals surface area contributed by atoms with Crippen LogP contribution in [0.3, 0.4) is 0 Å². The Morgan fingerprint density at radius 1 is 1.19 bits per heavy atom. The second kappa shape index (κ2) is 9.82. The summed E-state index contributed by atoms with van der Waals surface area (Å²) in [4.78, 5) is 11.9. The summed E-state index contributed by atoms with van der Waals surface area (Å²) in [6.07, 6.45) is 1.71. The van der Waals surface area contributed by atoms with Crippen LogP contribution in [0.2, 0.25) is 0 Å². The van der Waals surface area contributed by atoms with Crippen molar-refractivity contribution in [2.45, 2.75) is 20.3 Å². The van der Waals surface area contributed by atoms with E-state index in [0.717, 1.165) is 15.6 Å². The zero-order chi connectivity index (χ0) is 18.9. The molecule has 0 atom stereocenters. The third-order valence-electron chi connectivity index (χ3n) is 3.32. The highest BCUT2D eigenvalue weighted by Gasteiger charge is 2.11. The first-order chi connectivity index (χ1) is 12.5. The van der Waals surface area contributed by atoms with Gasteiger partial charge in [-0.25, -0.2) is 5.43 Å². The number of aromatic hydroxyl groups is 1. The summed E-state index contributed by atoms with van der Waals surface area (Å²) in [5.41, 5.74) is 4.03. The molecule has 0 spiro atoms. The second-order valence-electron chi connectivity index (χ2n) is 5.33. The van der Waals surface area contributed by atoms with Gasteiger partial charge in [-0.05, 0) is 65.2 Å². The molecule has 0 radical (unpaired) electrons. The molecule has 0 aliphatic rings. The topological polar surface area (TPSA) is 80.2 Å².